The summed E-state index contributed by atoms with van der Waals surface area (Å²) in [6.07, 6.45) is 1.17. The molecule has 2 aliphatic rings. The van der Waals surface area contributed by atoms with E-state index in [2.05, 4.69) is 34.0 Å². The zero-order valence-corrected chi connectivity index (χ0v) is 20.7. The van der Waals surface area contributed by atoms with Crippen LogP contribution in [0.3, 0.4) is 0 Å². The van der Waals surface area contributed by atoms with Gasteiger partial charge in [0.1, 0.15) is 0 Å². The summed E-state index contributed by atoms with van der Waals surface area (Å²) < 4.78 is 5.48. The molecule has 158 valence electrons. The first kappa shape index (κ1) is 24.0. The van der Waals surface area contributed by atoms with Crippen LogP contribution < -0.4 is 5.32 Å². The van der Waals surface area contributed by atoms with Gasteiger partial charge in [0.05, 0.1) is 13.2 Å². The first-order chi connectivity index (χ1) is 12.9. The van der Waals surface area contributed by atoms with Crippen LogP contribution in [0.4, 0.5) is 0 Å². The Hall–Kier alpha value is -0.280. The molecule has 0 radical (unpaired) electrons. The van der Waals surface area contributed by atoms with Crippen LogP contribution in [0.2, 0.25) is 10.0 Å². The molecule has 1 aromatic rings. The minimum atomic E-state index is -0.214. The molecule has 0 aliphatic carbocycles. The van der Waals surface area contributed by atoms with E-state index in [-0.39, 0.29) is 29.4 Å². The molecular weight excluding hydrogens is 510 g/mol. The molecule has 2 heterocycles. The van der Waals surface area contributed by atoms with Crippen LogP contribution in [-0.2, 0) is 10.2 Å². The molecule has 8 heteroatoms. The Morgan fingerprint density at radius 2 is 1.86 bits per heavy atom. The summed E-state index contributed by atoms with van der Waals surface area (Å²) in [7, 11) is 1.85. The van der Waals surface area contributed by atoms with E-state index in [1.807, 2.05) is 25.2 Å². The highest BCUT2D eigenvalue weighted by Gasteiger charge is 2.32. The van der Waals surface area contributed by atoms with Crippen molar-refractivity contribution >= 4 is 53.1 Å². The van der Waals surface area contributed by atoms with Crippen LogP contribution in [0, 0.1) is 0 Å². The van der Waals surface area contributed by atoms with E-state index in [0.717, 1.165) is 50.9 Å². The predicted octanol–water partition coefficient (Wildman–Crippen LogP) is 3.87. The third kappa shape index (κ3) is 5.65. The Kier molecular flexibility index (Phi) is 9.13. The van der Waals surface area contributed by atoms with Gasteiger partial charge in [-0.05, 0) is 24.1 Å². The molecule has 0 aromatic heterocycles. The van der Waals surface area contributed by atoms with Crippen LogP contribution in [0.5, 0.6) is 0 Å². The van der Waals surface area contributed by atoms with Gasteiger partial charge in [0.25, 0.3) is 0 Å². The van der Waals surface area contributed by atoms with Gasteiger partial charge >= 0.3 is 0 Å². The minimum absolute atomic E-state index is 0. The number of benzene rings is 1. The molecule has 1 unspecified atom stereocenters. The highest BCUT2D eigenvalue weighted by molar-refractivity contribution is 14.0. The zero-order chi connectivity index (χ0) is 19.4. The first-order valence-electron chi connectivity index (χ1n) is 9.64. The number of hydrogen-bond donors (Lipinski definition) is 1. The van der Waals surface area contributed by atoms with Crippen LogP contribution >= 0.6 is 47.2 Å². The Morgan fingerprint density at radius 3 is 2.46 bits per heavy atom. The number of aliphatic imine (C=N–C) groups is 1. The van der Waals surface area contributed by atoms with Crippen LogP contribution in [0.1, 0.15) is 25.8 Å². The maximum Gasteiger partial charge on any atom is 0.193 e. The van der Waals surface area contributed by atoms with Crippen LogP contribution in [0.15, 0.2) is 23.2 Å². The summed E-state index contributed by atoms with van der Waals surface area (Å²) in [5, 5.41) is 4.96. The second-order valence-corrected chi connectivity index (χ2v) is 8.73. The molecule has 1 aromatic carbocycles. The number of hydrogen-bond acceptors (Lipinski definition) is 3. The lowest BCUT2D eigenvalue weighted by Gasteiger charge is -2.33. The molecule has 1 N–H and O–H groups in total. The SMILES string of the molecule is CN=C(NCC(C)(C)c1c(Cl)cccc1Cl)N1CCC(N2CCOCC2)C1.I. The van der Waals surface area contributed by atoms with Crippen molar-refractivity contribution in [1.82, 2.24) is 15.1 Å². The van der Waals surface area contributed by atoms with E-state index in [1.54, 1.807) is 0 Å². The number of nitrogens with zero attached hydrogens (tertiary/aromatic N) is 3. The Balaban J connectivity index is 0.00000280. The fourth-order valence-corrected chi connectivity index (χ4v) is 4.95. The van der Waals surface area contributed by atoms with E-state index < -0.39 is 0 Å². The largest absolute Gasteiger partial charge is 0.379 e. The number of ether oxygens (including phenoxy) is 1. The molecular formula is C20H31Cl2IN4O. The van der Waals surface area contributed by atoms with Crippen LogP contribution in [-0.4, -0.2) is 74.8 Å². The lowest BCUT2D eigenvalue weighted by atomic mass is 9.84. The van der Waals surface area contributed by atoms with Crippen molar-refractivity contribution in [3.63, 3.8) is 0 Å². The lowest BCUT2D eigenvalue weighted by molar-refractivity contribution is 0.0195. The van der Waals surface area contributed by atoms with Gasteiger partial charge in [0, 0.05) is 61.3 Å². The number of nitrogens with one attached hydrogen (secondary N) is 1. The third-order valence-corrected chi connectivity index (χ3v) is 6.19. The van der Waals surface area contributed by atoms with Gasteiger partial charge in [0.2, 0.25) is 0 Å². The van der Waals surface area contributed by atoms with Crippen molar-refractivity contribution in [3.8, 4) is 0 Å². The average Bonchev–Trinajstić information content (AvgIpc) is 3.12. The Labute approximate surface area is 195 Å². The van der Waals surface area contributed by atoms with Gasteiger partial charge in [-0.15, -0.1) is 24.0 Å². The standard InChI is InChI=1S/C20H30Cl2N4O.HI/c1-20(2,18-16(21)5-4-6-17(18)22)14-24-19(23-3)26-8-7-15(13-26)25-9-11-27-12-10-25;/h4-6,15H,7-14H2,1-3H3,(H,23,24);1H. The van der Waals surface area contributed by atoms with Crippen molar-refractivity contribution in [2.75, 3.05) is 53.0 Å². The molecule has 2 saturated heterocycles. The van der Waals surface area contributed by atoms with Gasteiger partial charge in [0.15, 0.2) is 5.96 Å². The molecule has 28 heavy (non-hydrogen) atoms. The van der Waals surface area contributed by atoms with Gasteiger partial charge in [-0.1, -0.05) is 43.1 Å². The van der Waals surface area contributed by atoms with Gasteiger partial charge < -0.3 is 15.0 Å². The number of likely N-dealkylation sites (tertiary alicyclic amines) is 1. The Bertz CT molecular complexity index is 660. The van der Waals surface area contributed by atoms with E-state index >= 15 is 0 Å². The summed E-state index contributed by atoms with van der Waals surface area (Å²) in [6, 6.07) is 6.25. The van der Waals surface area contributed by atoms with E-state index in [0.29, 0.717) is 22.6 Å². The van der Waals surface area contributed by atoms with Gasteiger partial charge in [-0.2, -0.15) is 0 Å². The first-order valence-corrected chi connectivity index (χ1v) is 10.4. The minimum Gasteiger partial charge on any atom is -0.379 e. The number of morpholine rings is 1. The van der Waals surface area contributed by atoms with E-state index in [9.17, 15) is 0 Å². The molecule has 0 bridgehead atoms. The van der Waals surface area contributed by atoms with Crippen molar-refractivity contribution < 1.29 is 4.74 Å². The quantitative estimate of drug-likeness (QED) is 0.357. The second kappa shape index (κ2) is 10.7. The maximum absolute atomic E-state index is 6.43. The molecule has 3 rings (SSSR count). The lowest BCUT2D eigenvalue weighted by Crippen LogP contribution is -2.48. The molecule has 1 atom stereocenters. The van der Waals surface area contributed by atoms with Crippen molar-refractivity contribution in [3.05, 3.63) is 33.8 Å². The fourth-order valence-electron chi connectivity index (χ4n) is 4.04. The molecule has 2 fully saturated rings. The summed E-state index contributed by atoms with van der Waals surface area (Å²) in [4.78, 5) is 9.41. The molecule has 2 aliphatic heterocycles. The zero-order valence-electron chi connectivity index (χ0n) is 16.9. The smallest absolute Gasteiger partial charge is 0.193 e. The van der Waals surface area contributed by atoms with Gasteiger partial charge in [-0.3, -0.25) is 9.89 Å². The topological polar surface area (TPSA) is 40.1 Å². The van der Waals surface area contributed by atoms with Crippen LogP contribution in [0.25, 0.3) is 0 Å². The molecule has 0 amide bonds. The summed E-state index contributed by atoms with van der Waals surface area (Å²) >= 11 is 12.9. The number of rotatable bonds is 4. The summed E-state index contributed by atoms with van der Waals surface area (Å²) in [5.41, 5.74) is 0.762. The average molecular weight is 541 g/mol. The van der Waals surface area contributed by atoms with Crippen molar-refractivity contribution in [2.45, 2.75) is 31.7 Å². The summed E-state index contributed by atoms with van der Waals surface area (Å²) in [6.45, 7) is 10.8. The molecule has 5 nitrogen and oxygen atoms in total. The molecule has 0 spiro atoms. The third-order valence-electron chi connectivity index (χ3n) is 5.56. The predicted molar refractivity (Wildman–Crippen MR) is 129 cm³/mol. The van der Waals surface area contributed by atoms with Crippen molar-refractivity contribution in [1.29, 1.82) is 0 Å². The molecule has 0 saturated carbocycles. The monoisotopic (exact) mass is 540 g/mol. The van der Waals surface area contributed by atoms with Gasteiger partial charge in [-0.25, -0.2) is 0 Å². The Morgan fingerprint density at radius 1 is 1.21 bits per heavy atom. The van der Waals surface area contributed by atoms with E-state index in [1.165, 1.54) is 6.42 Å². The highest BCUT2D eigenvalue weighted by atomic mass is 127. The van der Waals surface area contributed by atoms with E-state index in [4.69, 9.17) is 27.9 Å². The maximum atomic E-state index is 6.43. The second-order valence-electron chi connectivity index (χ2n) is 7.92. The summed E-state index contributed by atoms with van der Waals surface area (Å²) in [5.74, 6) is 0.946. The number of guanidine groups is 1. The highest BCUT2D eigenvalue weighted by Crippen LogP contribution is 2.35. The number of halogens is 3. The van der Waals surface area contributed by atoms with Crippen molar-refractivity contribution in [2.24, 2.45) is 4.99 Å². The normalized spacial score (nSPS) is 21.5. The fraction of sp³-hybridized carbons (Fsp3) is 0.650.